The van der Waals surface area contributed by atoms with Gasteiger partial charge in [-0.15, -0.1) is 0 Å². The number of nitrogens with one attached hydrogen (secondary N) is 1. The minimum atomic E-state index is -0.274. The van der Waals surface area contributed by atoms with Crippen LogP contribution in [0.15, 0.2) is 40.9 Å². The first-order chi connectivity index (χ1) is 11.8. The molecule has 0 aliphatic carbocycles. The zero-order chi connectivity index (χ0) is 18.2. The van der Waals surface area contributed by atoms with E-state index in [1.165, 1.54) is 0 Å². The van der Waals surface area contributed by atoms with Crippen LogP contribution in [0.1, 0.15) is 48.3 Å². The Morgan fingerprint density at radius 2 is 2.08 bits per heavy atom. The lowest BCUT2D eigenvalue weighted by Gasteiger charge is -2.41. The van der Waals surface area contributed by atoms with Crippen molar-refractivity contribution >= 4 is 39.2 Å². The Kier molecular flexibility index (Phi) is 5.12. The van der Waals surface area contributed by atoms with E-state index in [-0.39, 0.29) is 17.4 Å². The highest BCUT2D eigenvalue weighted by molar-refractivity contribution is 9.10. The second-order valence-electron chi connectivity index (χ2n) is 7.04. The van der Waals surface area contributed by atoms with E-state index in [1.807, 2.05) is 37.3 Å². The summed E-state index contributed by atoms with van der Waals surface area (Å²) in [4.78, 5) is 12.0. The summed E-state index contributed by atoms with van der Waals surface area (Å²) in [6.07, 6.45) is 0.859. The number of ether oxygens (including phenoxy) is 1. The van der Waals surface area contributed by atoms with Crippen molar-refractivity contribution < 1.29 is 9.53 Å². The number of carbonyl (C=O) groups is 1. The number of hydrogen-bond acceptors (Lipinski definition) is 3. The van der Waals surface area contributed by atoms with Gasteiger partial charge in [-0.3, -0.25) is 0 Å². The van der Waals surface area contributed by atoms with E-state index in [1.54, 1.807) is 0 Å². The summed E-state index contributed by atoms with van der Waals surface area (Å²) >= 11 is 9.76. The fourth-order valence-electron chi connectivity index (χ4n) is 3.44. The summed E-state index contributed by atoms with van der Waals surface area (Å²) in [6, 6.07) is 11.8. The second-order valence-corrected chi connectivity index (χ2v) is 8.39. The number of anilines is 1. The summed E-state index contributed by atoms with van der Waals surface area (Å²) in [5, 5.41) is 4.34. The van der Waals surface area contributed by atoms with Gasteiger partial charge in [0.25, 0.3) is 0 Å². The molecule has 0 amide bonds. The van der Waals surface area contributed by atoms with Crippen molar-refractivity contribution in [2.24, 2.45) is 5.41 Å². The van der Waals surface area contributed by atoms with E-state index in [9.17, 15) is 4.79 Å². The van der Waals surface area contributed by atoms with Gasteiger partial charge in [0.2, 0.25) is 0 Å². The van der Waals surface area contributed by atoms with Gasteiger partial charge in [-0.2, -0.15) is 0 Å². The molecule has 1 heterocycles. The molecular weight excluding hydrogens is 402 g/mol. The third-order valence-corrected chi connectivity index (χ3v) is 5.24. The van der Waals surface area contributed by atoms with Crippen molar-refractivity contribution in [1.29, 1.82) is 0 Å². The summed E-state index contributed by atoms with van der Waals surface area (Å²) in [6.45, 7) is 6.64. The molecule has 2 aromatic rings. The normalized spacial score (nSPS) is 18.2. The van der Waals surface area contributed by atoms with Gasteiger partial charge in [-0.25, -0.2) is 4.79 Å². The number of benzene rings is 2. The van der Waals surface area contributed by atoms with E-state index < -0.39 is 0 Å². The van der Waals surface area contributed by atoms with Crippen LogP contribution in [0.5, 0.6) is 0 Å². The first-order valence-corrected chi connectivity index (χ1v) is 9.50. The molecule has 0 aromatic heterocycles. The van der Waals surface area contributed by atoms with Gasteiger partial charge in [0.15, 0.2) is 0 Å². The predicted molar refractivity (Wildman–Crippen MR) is 105 cm³/mol. The Bertz CT molecular complexity index is 799. The number of carbonyl (C=O) groups excluding carboxylic acids is 1. The lowest BCUT2D eigenvalue weighted by molar-refractivity contribution is 0.0526. The monoisotopic (exact) mass is 421 g/mol. The molecule has 0 saturated heterocycles. The van der Waals surface area contributed by atoms with Crippen molar-refractivity contribution in [1.82, 2.24) is 0 Å². The molecule has 2 aromatic carbocycles. The second kappa shape index (κ2) is 7.00. The average Bonchev–Trinajstić information content (AvgIpc) is 2.52. The molecule has 25 heavy (non-hydrogen) atoms. The average molecular weight is 423 g/mol. The van der Waals surface area contributed by atoms with Crippen LogP contribution in [-0.4, -0.2) is 12.6 Å². The number of fused-ring (bicyclic) bond motifs is 1. The molecule has 0 spiro atoms. The molecule has 1 aliphatic heterocycles. The highest BCUT2D eigenvalue weighted by Gasteiger charge is 2.36. The Morgan fingerprint density at radius 3 is 2.76 bits per heavy atom. The predicted octanol–water partition coefficient (Wildman–Crippen LogP) is 6.01. The number of halogens is 2. The molecule has 0 radical (unpaired) electrons. The summed E-state index contributed by atoms with van der Waals surface area (Å²) in [5.74, 6) is -0.274. The van der Waals surface area contributed by atoms with Crippen LogP contribution < -0.4 is 5.32 Å². The van der Waals surface area contributed by atoms with Gasteiger partial charge in [-0.1, -0.05) is 41.4 Å². The maximum atomic E-state index is 12.0. The van der Waals surface area contributed by atoms with E-state index in [0.29, 0.717) is 17.2 Å². The number of esters is 1. The molecule has 1 unspecified atom stereocenters. The fraction of sp³-hybridized carbons (Fsp3) is 0.350. The van der Waals surface area contributed by atoms with Crippen molar-refractivity contribution in [3.63, 3.8) is 0 Å². The van der Waals surface area contributed by atoms with Gasteiger partial charge in [-0.05, 0) is 66.3 Å². The molecule has 0 bridgehead atoms. The van der Waals surface area contributed by atoms with Crippen LogP contribution in [-0.2, 0) is 11.2 Å². The summed E-state index contributed by atoms with van der Waals surface area (Å²) in [7, 11) is 0. The topological polar surface area (TPSA) is 38.3 Å². The van der Waals surface area contributed by atoms with Gasteiger partial charge in [0, 0.05) is 15.2 Å². The zero-order valence-electron chi connectivity index (χ0n) is 14.5. The van der Waals surface area contributed by atoms with E-state index in [0.717, 1.165) is 27.7 Å². The Labute approximate surface area is 161 Å². The lowest BCUT2D eigenvalue weighted by atomic mass is 9.73. The number of rotatable bonds is 3. The minimum Gasteiger partial charge on any atom is -0.462 e. The quantitative estimate of drug-likeness (QED) is 0.615. The summed E-state index contributed by atoms with van der Waals surface area (Å²) < 4.78 is 6.08. The molecule has 3 rings (SSSR count). The molecule has 1 N–H and O–H groups in total. The molecule has 3 nitrogen and oxygen atoms in total. The van der Waals surface area contributed by atoms with Crippen LogP contribution >= 0.6 is 27.5 Å². The molecule has 132 valence electrons. The van der Waals surface area contributed by atoms with Crippen LogP contribution in [0.2, 0.25) is 5.02 Å². The van der Waals surface area contributed by atoms with E-state index >= 15 is 0 Å². The third-order valence-electron chi connectivity index (χ3n) is 4.56. The Hall–Kier alpha value is -1.52. The van der Waals surface area contributed by atoms with Gasteiger partial charge in [0.05, 0.1) is 18.2 Å². The maximum absolute atomic E-state index is 12.0. The smallest absolute Gasteiger partial charge is 0.338 e. The fourth-order valence-corrected chi connectivity index (χ4v) is 4.33. The largest absolute Gasteiger partial charge is 0.462 e. The minimum absolute atomic E-state index is 0.0373. The molecule has 0 saturated carbocycles. The molecule has 1 atom stereocenters. The van der Waals surface area contributed by atoms with Gasteiger partial charge >= 0.3 is 5.97 Å². The van der Waals surface area contributed by atoms with Crippen molar-refractivity contribution in [2.75, 3.05) is 11.9 Å². The van der Waals surface area contributed by atoms with E-state index in [4.69, 9.17) is 16.3 Å². The van der Waals surface area contributed by atoms with E-state index in [2.05, 4.69) is 41.2 Å². The summed E-state index contributed by atoms with van der Waals surface area (Å²) in [5.41, 5.74) is 3.89. The first-order valence-electron chi connectivity index (χ1n) is 8.33. The first kappa shape index (κ1) is 18.3. The third kappa shape index (κ3) is 3.85. The van der Waals surface area contributed by atoms with Crippen molar-refractivity contribution in [3.05, 3.63) is 62.6 Å². The molecule has 1 aliphatic rings. The van der Waals surface area contributed by atoms with Crippen LogP contribution in [0.4, 0.5) is 5.69 Å². The van der Waals surface area contributed by atoms with Gasteiger partial charge in [0.1, 0.15) is 0 Å². The van der Waals surface area contributed by atoms with Crippen molar-refractivity contribution in [3.8, 4) is 0 Å². The zero-order valence-corrected chi connectivity index (χ0v) is 16.9. The lowest BCUT2D eigenvalue weighted by Crippen LogP contribution is -2.35. The van der Waals surface area contributed by atoms with Crippen molar-refractivity contribution in [2.45, 2.75) is 33.2 Å². The molecule has 5 heteroatoms. The molecule has 0 fully saturated rings. The van der Waals surface area contributed by atoms with Crippen LogP contribution in [0, 0.1) is 5.41 Å². The van der Waals surface area contributed by atoms with Crippen LogP contribution in [0.25, 0.3) is 0 Å². The standard InChI is InChI=1S/C20H21BrClNO2/c1-4-25-19(24)12-5-6-17-14(7-12)11-20(2,3)18(23-17)13-8-15(21)10-16(22)9-13/h5-10,18,23H,4,11H2,1-3H3. The van der Waals surface area contributed by atoms with Crippen LogP contribution in [0.3, 0.4) is 0 Å². The molecular formula is C20H21BrClNO2. The SMILES string of the molecule is CCOC(=O)c1ccc2c(c1)CC(C)(C)C(c1cc(Cl)cc(Br)c1)N2. The maximum Gasteiger partial charge on any atom is 0.338 e. The highest BCUT2D eigenvalue weighted by Crippen LogP contribution is 2.45. The van der Waals surface area contributed by atoms with Gasteiger partial charge < -0.3 is 10.1 Å². The Morgan fingerprint density at radius 1 is 1.32 bits per heavy atom. The Balaban J connectivity index is 1.96. The highest BCUT2D eigenvalue weighted by atomic mass is 79.9. The number of hydrogen-bond donors (Lipinski definition) is 1.